The zero-order valence-corrected chi connectivity index (χ0v) is 13.3. The summed E-state index contributed by atoms with van der Waals surface area (Å²) < 4.78 is 10.9. The van der Waals surface area contributed by atoms with Gasteiger partial charge in [-0.2, -0.15) is 4.98 Å². The number of piperazine rings is 1. The Morgan fingerprint density at radius 2 is 2.41 bits per heavy atom. The SMILES string of the molecule is CCOC(=O)c1cc(Cl)cc2nc(N3CCNC[C@@H]3C)oc12. The number of nitrogens with zero attached hydrogens (tertiary/aromatic N) is 2. The topological polar surface area (TPSA) is 67.6 Å². The molecule has 1 aromatic heterocycles. The number of oxazole rings is 1. The lowest BCUT2D eigenvalue weighted by molar-refractivity contribution is 0.0527. The first-order chi connectivity index (χ1) is 10.6. The maximum atomic E-state index is 12.1. The van der Waals surface area contributed by atoms with Crippen LogP contribution in [0.5, 0.6) is 0 Å². The van der Waals surface area contributed by atoms with Crippen molar-refractivity contribution in [2.75, 3.05) is 31.1 Å². The van der Waals surface area contributed by atoms with E-state index in [1.807, 2.05) is 0 Å². The van der Waals surface area contributed by atoms with Crippen LogP contribution in [0.2, 0.25) is 5.02 Å². The molecular formula is C15H18ClN3O3. The number of fused-ring (bicyclic) bond motifs is 1. The quantitative estimate of drug-likeness (QED) is 0.875. The van der Waals surface area contributed by atoms with Gasteiger partial charge in [0.15, 0.2) is 5.58 Å². The normalized spacial score (nSPS) is 18.7. The van der Waals surface area contributed by atoms with E-state index >= 15 is 0 Å². The van der Waals surface area contributed by atoms with E-state index in [9.17, 15) is 4.79 Å². The molecule has 6 nitrogen and oxygen atoms in total. The Morgan fingerprint density at radius 1 is 1.59 bits per heavy atom. The van der Waals surface area contributed by atoms with Crippen LogP contribution in [0, 0.1) is 0 Å². The number of benzene rings is 1. The number of nitrogens with one attached hydrogen (secondary N) is 1. The molecule has 1 aliphatic rings. The molecule has 1 atom stereocenters. The summed E-state index contributed by atoms with van der Waals surface area (Å²) in [5.74, 6) is -0.453. The third kappa shape index (κ3) is 2.76. The van der Waals surface area contributed by atoms with Crippen molar-refractivity contribution in [1.29, 1.82) is 0 Å². The fourth-order valence-electron chi connectivity index (χ4n) is 2.60. The minimum atomic E-state index is -0.453. The van der Waals surface area contributed by atoms with E-state index in [0.29, 0.717) is 34.3 Å². The molecule has 1 saturated heterocycles. The van der Waals surface area contributed by atoms with Crippen LogP contribution in [-0.2, 0) is 4.74 Å². The van der Waals surface area contributed by atoms with Gasteiger partial charge in [0.05, 0.1) is 6.61 Å². The van der Waals surface area contributed by atoms with Crippen molar-refractivity contribution in [2.45, 2.75) is 19.9 Å². The summed E-state index contributed by atoms with van der Waals surface area (Å²) in [5.41, 5.74) is 1.30. The third-order valence-electron chi connectivity index (χ3n) is 3.69. The Hall–Kier alpha value is -1.79. The molecule has 1 aromatic carbocycles. The lowest BCUT2D eigenvalue weighted by Gasteiger charge is -2.32. The number of ether oxygens (including phenoxy) is 1. The van der Waals surface area contributed by atoms with Crippen molar-refractivity contribution in [3.05, 3.63) is 22.7 Å². The maximum Gasteiger partial charge on any atom is 0.342 e. The van der Waals surface area contributed by atoms with Crippen molar-refractivity contribution in [3.63, 3.8) is 0 Å². The average Bonchev–Trinajstić information content (AvgIpc) is 2.90. The van der Waals surface area contributed by atoms with Crippen LogP contribution in [0.15, 0.2) is 16.5 Å². The molecule has 0 aliphatic carbocycles. The first-order valence-electron chi connectivity index (χ1n) is 7.34. The second-order valence-electron chi connectivity index (χ2n) is 5.27. The molecule has 7 heteroatoms. The fraction of sp³-hybridized carbons (Fsp3) is 0.467. The second kappa shape index (κ2) is 6.14. The lowest BCUT2D eigenvalue weighted by atomic mass is 10.2. The summed E-state index contributed by atoms with van der Waals surface area (Å²) >= 11 is 6.08. The lowest BCUT2D eigenvalue weighted by Crippen LogP contribution is -2.50. The smallest absolute Gasteiger partial charge is 0.342 e. The molecular weight excluding hydrogens is 306 g/mol. The summed E-state index contributed by atoms with van der Waals surface area (Å²) in [6.45, 7) is 6.69. The van der Waals surface area contributed by atoms with Crippen LogP contribution in [-0.4, -0.2) is 43.2 Å². The van der Waals surface area contributed by atoms with Crippen molar-refractivity contribution in [2.24, 2.45) is 0 Å². The van der Waals surface area contributed by atoms with Crippen LogP contribution in [0.3, 0.4) is 0 Å². The molecule has 1 aliphatic heterocycles. The minimum absolute atomic E-state index is 0.267. The minimum Gasteiger partial charge on any atom is -0.462 e. The first kappa shape index (κ1) is 15.1. The van der Waals surface area contributed by atoms with E-state index in [2.05, 4.69) is 22.1 Å². The van der Waals surface area contributed by atoms with Gasteiger partial charge < -0.3 is 19.4 Å². The van der Waals surface area contributed by atoms with Gasteiger partial charge in [-0.15, -0.1) is 0 Å². The van der Waals surface area contributed by atoms with Gasteiger partial charge in [-0.3, -0.25) is 0 Å². The molecule has 118 valence electrons. The molecule has 3 rings (SSSR count). The number of carbonyl (C=O) groups is 1. The Balaban J connectivity index is 2.05. The summed E-state index contributed by atoms with van der Waals surface area (Å²) in [7, 11) is 0. The number of esters is 1. The van der Waals surface area contributed by atoms with Crippen LogP contribution in [0.4, 0.5) is 6.01 Å². The third-order valence-corrected chi connectivity index (χ3v) is 3.90. The fourth-order valence-corrected chi connectivity index (χ4v) is 2.81. The molecule has 0 radical (unpaired) electrons. The van der Waals surface area contributed by atoms with Gasteiger partial charge in [-0.25, -0.2) is 4.79 Å². The van der Waals surface area contributed by atoms with E-state index in [1.165, 1.54) is 0 Å². The zero-order valence-electron chi connectivity index (χ0n) is 12.6. The van der Waals surface area contributed by atoms with E-state index in [4.69, 9.17) is 20.8 Å². The molecule has 2 aromatic rings. The second-order valence-corrected chi connectivity index (χ2v) is 5.70. The average molecular weight is 324 g/mol. The number of hydrogen-bond acceptors (Lipinski definition) is 6. The molecule has 2 heterocycles. The number of rotatable bonds is 3. The Kier molecular flexibility index (Phi) is 4.22. The van der Waals surface area contributed by atoms with Crippen LogP contribution >= 0.6 is 11.6 Å². The highest BCUT2D eigenvalue weighted by Crippen LogP contribution is 2.29. The maximum absolute atomic E-state index is 12.1. The van der Waals surface area contributed by atoms with E-state index in [-0.39, 0.29) is 6.04 Å². The standard InChI is InChI=1S/C15H18ClN3O3/c1-3-21-14(20)11-6-10(16)7-12-13(11)22-15(18-12)19-5-4-17-8-9(19)2/h6-7,9,17H,3-5,8H2,1-2H3/t9-/m0/s1. The largest absolute Gasteiger partial charge is 0.462 e. The Bertz CT molecular complexity index is 701. The highest BCUT2D eigenvalue weighted by atomic mass is 35.5. The van der Waals surface area contributed by atoms with Crippen molar-refractivity contribution in [1.82, 2.24) is 10.3 Å². The highest BCUT2D eigenvalue weighted by Gasteiger charge is 2.25. The number of aromatic nitrogens is 1. The number of hydrogen-bond donors (Lipinski definition) is 1. The molecule has 0 saturated carbocycles. The van der Waals surface area contributed by atoms with E-state index < -0.39 is 5.97 Å². The van der Waals surface area contributed by atoms with E-state index in [1.54, 1.807) is 19.1 Å². The molecule has 22 heavy (non-hydrogen) atoms. The van der Waals surface area contributed by atoms with Crippen molar-refractivity contribution >= 4 is 34.7 Å². The molecule has 0 spiro atoms. The van der Waals surface area contributed by atoms with Crippen molar-refractivity contribution in [3.8, 4) is 0 Å². The van der Waals surface area contributed by atoms with Gasteiger partial charge in [0.1, 0.15) is 11.1 Å². The number of carbonyl (C=O) groups excluding carboxylic acids is 1. The molecule has 1 N–H and O–H groups in total. The summed E-state index contributed by atoms with van der Waals surface area (Å²) in [4.78, 5) is 18.6. The molecule has 1 fully saturated rings. The highest BCUT2D eigenvalue weighted by molar-refractivity contribution is 6.31. The van der Waals surface area contributed by atoms with Gasteiger partial charge in [0.25, 0.3) is 6.01 Å². The first-order valence-corrected chi connectivity index (χ1v) is 7.72. The summed E-state index contributed by atoms with van der Waals surface area (Å²) in [6.07, 6.45) is 0. The Labute approximate surface area is 133 Å². The monoisotopic (exact) mass is 323 g/mol. The molecule has 0 amide bonds. The number of halogens is 1. The van der Waals surface area contributed by atoms with E-state index in [0.717, 1.165) is 19.6 Å². The summed E-state index contributed by atoms with van der Waals surface area (Å²) in [5, 5.41) is 3.75. The molecule has 0 bridgehead atoms. The zero-order chi connectivity index (χ0) is 15.7. The van der Waals surface area contributed by atoms with Gasteiger partial charge in [-0.1, -0.05) is 11.6 Å². The number of anilines is 1. The molecule has 0 unspecified atom stereocenters. The van der Waals surface area contributed by atoms with Gasteiger partial charge in [-0.05, 0) is 26.0 Å². The van der Waals surface area contributed by atoms with Crippen LogP contribution in [0.1, 0.15) is 24.2 Å². The van der Waals surface area contributed by atoms with Gasteiger partial charge in [0, 0.05) is 30.7 Å². The summed E-state index contributed by atoms with van der Waals surface area (Å²) in [6, 6.07) is 4.03. The van der Waals surface area contributed by atoms with Crippen LogP contribution in [0.25, 0.3) is 11.1 Å². The van der Waals surface area contributed by atoms with Crippen molar-refractivity contribution < 1.29 is 13.9 Å². The Morgan fingerprint density at radius 3 is 3.14 bits per heavy atom. The van der Waals surface area contributed by atoms with Gasteiger partial charge in [0.2, 0.25) is 0 Å². The van der Waals surface area contributed by atoms with Crippen LogP contribution < -0.4 is 10.2 Å². The van der Waals surface area contributed by atoms with Gasteiger partial charge >= 0.3 is 5.97 Å². The predicted molar refractivity (Wildman–Crippen MR) is 84.7 cm³/mol. The predicted octanol–water partition coefficient (Wildman–Crippen LogP) is 2.46.